The van der Waals surface area contributed by atoms with Crippen molar-refractivity contribution in [2.24, 2.45) is 0 Å². The van der Waals surface area contributed by atoms with Gasteiger partial charge in [-0.15, -0.1) is 11.3 Å². The van der Waals surface area contributed by atoms with Gasteiger partial charge in [-0.3, -0.25) is 9.36 Å². The minimum absolute atomic E-state index is 0.296. The van der Waals surface area contributed by atoms with E-state index in [1.54, 1.807) is 0 Å². The van der Waals surface area contributed by atoms with Gasteiger partial charge in [-0.25, -0.2) is 13.8 Å². The Bertz CT molecular complexity index is 1200. The molecule has 0 aliphatic carbocycles. The molecule has 0 radical (unpaired) electrons. The lowest BCUT2D eigenvalue weighted by Gasteiger charge is -2.14. The van der Waals surface area contributed by atoms with E-state index in [9.17, 15) is 18.7 Å². The van der Waals surface area contributed by atoms with E-state index in [4.69, 9.17) is 0 Å². The maximum Gasteiger partial charge on any atom is 0.262 e. The van der Waals surface area contributed by atoms with Crippen LogP contribution in [0.25, 0.3) is 20.7 Å². The Labute approximate surface area is 163 Å². The molecule has 0 saturated heterocycles. The summed E-state index contributed by atoms with van der Waals surface area (Å²) in [5, 5.41) is 10.8. The highest BCUT2D eigenvalue weighted by atomic mass is 32.1. The number of hydrogen-bond donors (Lipinski definition) is 1. The lowest BCUT2D eigenvalue weighted by molar-refractivity contribution is 0.145. The van der Waals surface area contributed by atoms with Crippen LogP contribution in [0, 0.1) is 18.6 Å². The maximum atomic E-state index is 13.9. The third-order valence-electron chi connectivity index (χ3n) is 4.66. The first-order chi connectivity index (χ1) is 13.5. The SMILES string of the molecule is Cc1c(-c2ccccc2)sc2ncn(CC(O)c3c(F)cccc3F)c(=O)c12. The van der Waals surface area contributed by atoms with Gasteiger partial charge in [0, 0.05) is 4.88 Å². The summed E-state index contributed by atoms with van der Waals surface area (Å²) in [5.74, 6) is -1.71. The van der Waals surface area contributed by atoms with Crippen LogP contribution in [0.4, 0.5) is 8.78 Å². The summed E-state index contributed by atoms with van der Waals surface area (Å²) in [6.45, 7) is 1.55. The molecule has 0 amide bonds. The Morgan fingerprint density at radius 2 is 1.79 bits per heavy atom. The van der Waals surface area contributed by atoms with Crippen LogP contribution < -0.4 is 5.56 Å². The van der Waals surface area contributed by atoms with Gasteiger partial charge in [0.15, 0.2) is 0 Å². The fourth-order valence-electron chi connectivity index (χ4n) is 3.26. The number of hydrogen-bond acceptors (Lipinski definition) is 4. The van der Waals surface area contributed by atoms with E-state index >= 15 is 0 Å². The van der Waals surface area contributed by atoms with E-state index in [1.165, 1.54) is 28.3 Å². The molecular weight excluding hydrogens is 382 g/mol. The van der Waals surface area contributed by atoms with Gasteiger partial charge in [-0.1, -0.05) is 36.4 Å². The fourth-order valence-corrected chi connectivity index (χ4v) is 4.41. The van der Waals surface area contributed by atoms with Crippen LogP contribution in [0.3, 0.4) is 0 Å². The third kappa shape index (κ3) is 3.12. The third-order valence-corrected chi connectivity index (χ3v) is 5.90. The van der Waals surface area contributed by atoms with Crippen molar-refractivity contribution in [1.29, 1.82) is 0 Å². The van der Waals surface area contributed by atoms with Gasteiger partial charge in [-0.05, 0) is 30.2 Å². The summed E-state index contributed by atoms with van der Waals surface area (Å²) < 4.78 is 29.0. The number of halogens is 2. The first-order valence-corrected chi connectivity index (χ1v) is 9.45. The number of nitrogens with zero attached hydrogens (tertiary/aromatic N) is 2. The first-order valence-electron chi connectivity index (χ1n) is 8.63. The van der Waals surface area contributed by atoms with E-state index in [-0.39, 0.29) is 12.1 Å². The average molecular weight is 398 g/mol. The molecule has 1 unspecified atom stereocenters. The van der Waals surface area contributed by atoms with Crippen molar-refractivity contribution in [2.45, 2.75) is 19.6 Å². The molecule has 0 aliphatic rings. The molecule has 1 N–H and O–H groups in total. The predicted octanol–water partition coefficient (Wildman–Crippen LogP) is 4.45. The van der Waals surface area contributed by atoms with Crippen molar-refractivity contribution in [1.82, 2.24) is 9.55 Å². The van der Waals surface area contributed by atoms with Gasteiger partial charge in [-0.2, -0.15) is 0 Å². The molecule has 28 heavy (non-hydrogen) atoms. The highest BCUT2D eigenvalue weighted by Crippen LogP contribution is 2.35. The predicted molar refractivity (Wildman–Crippen MR) is 105 cm³/mol. The molecular formula is C21H16F2N2O2S. The van der Waals surface area contributed by atoms with Gasteiger partial charge in [0.1, 0.15) is 22.6 Å². The molecule has 4 rings (SSSR count). The standard InChI is InChI=1S/C21H16F2N2O2S/c1-12-17-20(28-19(12)13-6-3-2-4-7-13)24-11-25(21(17)27)10-16(26)18-14(22)8-5-9-15(18)23/h2-9,11,16,26H,10H2,1H3. The van der Waals surface area contributed by atoms with Gasteiger partial charge in [0.05, 0.1) is 23.8 Å². The van der Waals surface area contributed by atoms with Gasteiger partial charge in [0.2, 0.25) is 0 Å². The van der Waals surface area contributed by atoms with Crippen LogP contribution >= 0.6 is 11.3 Å². The molecule has 0 bridgehead atoms. The Morgan fingerprint density at radius 1 is 1.11 bits per heavy atom. The van der Waals surface area contributed by atoms with E-state index in [0.717, 1.165) is 28.1 Å². The Balaban J connectivity index is 1.76. The van der Waals surface area contributed by atoms with Gasteiger partial charge >= 0.3 is 0 Å². The van der Waals surface area contributed by atoms with E-state index in [2.05, 4.69) is 4.98 Å². The Hall–Kier alpha value is -2.90. The molecule has 2 heterocycles. The number of rotatable bonds is 4. The number of aliphatic hydroxyl groups is 1. The highest BCUT2D eigenvalue weighted by molar-refractivity contribution is 7.22. The van der Waals surface area contributed by atoms with Crippen LogP contribution in [0.15, 0.2) is 59.7 Å². The van der Waals surface area contributed by atoms with Crippen LogP contribution in [-0.4, -0.2) is 14.7 Å². The van der Waals surface area contributed by atoms with Crippen molar-refractivity contribution >= 4 is 21.6 Å². The average Bonchev–Trinajstić information content (AvgIpc) is 3.02. The minimum Gasteiger partial charge on any atom is -0.386 e. The van der Waals surface area contributed by atoms with E-state index < -0.39 is 23.3 Å². The number of aryl methyl sites for hydroxylation is 1. The Morgan fingerprint density at radius 3 is 2.46 bits per heavy atom. The molecule has 2 aromatic carbocycles. The van der Waals surface area contributed by atoms with E-state index in [0.29, 0.717) is 10.2 Å². The summed E-state index contributed by atoms with van der Waals surface area (Å²) in [4.78, 5) is 18.8. The van der Waals surface area contributed by atoms with Crippen molar-refractivity contribution in [3.63, 3.8) is 0 Å². The van der Waals surface area contributed by atoms with Crippen molar-refractivity contribution in [2.75, 3.05) is 0 Å². The second kappa shape index (κ2) is 7.26. The van der Waals surface area contributed by atoms with Crippen molar-refractivity contribution < 1.29 is 13.9 Å². The summed E-state index contributed by atoms with van der Waals surface area (Å²) in [7, 11) is 0. The zero-order valence-corrected chi connectivity index (χ0v) is 15.7. The number of fused-ring (bicyclic) bond motifs is 1. The maximum absolute atomic E-state index is 13.9. The summed E-state index contributed by atoms with van der Waals surface area (Å²) in [6, 6.07) is 13.0. The lowest BCUT2D eigenvalue weighted by atomic mass is 10.1. The summed E-state index contributed by atoms with van der Waals surface area (Å²) in [5.41, 5.74) is 0.977. The Kier molecular flexibility index (Phi) is 4.78. The smallest absolute Gasteiger partial charge is 0.262 e. The normalized spacial score (nSPS) is 12.4. The number of aliphatic hydroxyl groups excluding tert-OH is 1. The molecule has 4 nitrogen and oxygen atoms in total. The number of thiophene rings is 1. The van der Waals surface area contributed by atoms with Crippen molar-refractivity contribution in [3.8, 4) is 10.4 Å². The monoisotopic (exact) mass is 398 g/mol. The lowest BCUT2D eigenvalue weighted by Crippen LogP contribution is -2.24. The largest absolute Gasteiger partial charge is 0.386 e. The molecule has 0 saturated carbocycles. The van der Waals surface area contributed by atoms with Crippen LogP contribution in [-0.2, 0) is 6.54 Å². The molecule has 4 aromatic rings. The molecule has 1 atom stereocenters. The zero-order valence-electron chi connectivity index (χ0n) is 14.9. The molecule has 142 valence electrons. The fraction of sp³-hybridized carbons (Fsp3) is 0.143. The molecule has 2 aromatic heterocycles. The minimum atomic E-state index is -1.51. The highest BCUT2D eigenvalue weighted by Gasteiger charge is 2.21. The van der Waals surface area contributed by atoms with Crippen molar-refractivity contribution in [3.05, 3.63) is 88.0 Å². The second-order valence-corrected chi connectivity index (χ2v) is 7.45. The van der Waals surface area contributed by atoms with E-state index in [1.807, 2.05) is 37.3 Å². The molecule has 0 spiro atoms. The van der Waals surface area contributed by atoms with Crippen LogP contribution in [0.1, 0.15) is 17.2 Å². The van der Waals surface area contributed by atoms with Crippen LogP contribution in [0.2, 0.25) is 0 Å². The topological polar surface area (TPSA) is 55.1 Å². The molecule has 7 heteroatoms. The summed E-state index contributed by atoms with van der Waals surface area (Å²) >= 11 is 1.41. The second-order valence-electron chi connectivity index (χ2n) is 6.46. The van der Waals surface area contributed by atoms with Gasteiger partial charge in [0.25, 0.3) is 5.56 Å². The first kappa shape index (κ1) is 18.5. The zero-order chi connectivity index (χ0) is 19.8. The number of benzene rings is 2. The number of aromatic nitrogens is 2. The summed E-state index contributed by atoms with van der Waals surface area (Å²) in [6.07, 6.45) is -0.206. The quantitative estimate of drug-likeness (QED) is 0.553. The van der Waals surface area contributed by atoms with Gasteiger partial charge < -0.3 is 5.11 Å². The van der Waals surface area contributed by atoms with Crippen LogP contribution in [0.5, 0.6) is 0 Å². The molecule has 0 aliphatic heterocycles. The molecule has 0 fully saturated rings.